The molecule has 0 N–H and O–H groups in total. The fourth-order valence-corrected chi connectivity index (χ4v) is 4.43. The second-order valence-electron chi connectivity index (χ2n) is 7.09. The summed E-state index contributed by atoms with van der Waals surface area (Å²) in [4.78, 5) is 28.9. The lowest BCUT2D eigenvalue weighted by atomic mass is 9.93. The molecule has 4 rings (SSSR count). The van der Waals surface area contributed by atoms with Crippen LogP contribution in [-0.2, 0) is 14.3 Å². The number of ether oxygens (including phenoxy) is 1. The van der Waals surface area contributed by atoms with Crippen LogP contribution in [0, 0.1) is 0 Å². The van der Waals surface area contributed by atoms with Crippen molar-refractivity contribution < 1.29 is 14.3 Å². The Balaban J connectivity index is 1.58. The largest absolute Gasteiger partial charge is 0.374 e. The molecule has 2 fully saturated rings. The minimum Gasteiger partial charge on any atom is -0.374 e. The average Bonchev–Trinajstić information content (AvgIpc) is 3.10. The first-order valence-electron chi connectivity index (χ1n) is 9.12. The van der Waals surface area contributed by atoms with E-state index in [4.69, 9.17) is 4.74 Å². The van der Waals surface area contributed by atoms with Gasteiger partial charge in [-0.3, -0.25) is 9.59 Å². The van der Waals surface area contributed by atoms with Crippen molar-refractivity contribution >= 4 is 17.9 Å². The number of hydrogen-bond acceptors (Lipinski definition) is 3. The van der Waals surface area contributed by atoms with Gasteiger partial charge in [0.05, 0.1) is 31.2 Å². The zero-order valence-corrected chi connectivity index (χ0v) is 14.6. The van der Waals surface area contributed by atoms with E-state index in [1.807, 2.05) is 35.2 Å². The number of nitrogens with zero attached hydrogens (tertiary/aromatic N) is 2. The summed E-state index contributed by atoms with van der Waals surface area (Å²) < 4.78 is 5.82. The van der Waals surface area contributed by atoms with E-state index in [9.17, 15) is 9.59 Å². The number of hydrogen-bond donors (Lipinski definition) is 0. The van der Waals surface area contributed by atoms with Crippen LogP contribution in [0.4, 0.5) is 0 Å². The Morgan fingerprint density at radius 2 is 2.08 bits per heavy atom. The van der Waals surface area contributed by atoms with E-state index >= 15 is 0 Å². The molecule has 1 aromatic rings. The SMILES string of the molecule is CC(=O)N1C=Cc2ccccc2[C@@H]1CC(=O)N1CCO[C@@H]2CCC[C@@H]21. The van der Waals surface area contributed by atoms with Crippen molar-refractivity contribution in [1.82, 2.24) is 9.80 Å². The number of amides is 2. The number of carbonyl (C=O) groups is 2. The highest BCUT2D eigenvalue weighted by atomic mass is 16.5. The Morgan fingerprint density at radius 3 is 2.92 bits per heavy atom. The Kier molecular flexibility index (Phi) is 4.34. The fraction of sp³-hybridized carbons (Fsp3) is 0.500. The molecule has 3 aliphatic rings. The fourth-order valence-electron chi connectivity index (χ4n) is 4.43. The van der Waals surface area contributed by atoms with Crippen LogP contribution in [0.15, 0.2) is 30.5 Å². The molecule has 2 amide bonds. The first-order chi connectivity index (χ1) is 12.1. The molecule has 1 aliphatic carbocycles. The maximum atomic E-state index is 13.1. The third-order valence-electron chi connectivity index (χ3n) is 5.64. The van der Waals surface area contributed by atoms with Gasteiger partial charge in [-0.2, -0.15) is 0 Å². The van der Waals surface area contributed by atoms with Crippen LogP contribution < -0.4 is 0 Å². The molecule has 0 radical (unpaired) electrons. The maximum absolute atomic E-state index is 13.1. The Morgan fingerprint density at radius 1 is 1.24 bits per heavy atom. The normalized spacial score (nSPS) is 27.8. The predicted molar refractivity (Wildman–Crippen MR) is 94.4 cm³/mol. The average molecular weight is 340 g/mol. The van der Waals surface area contributed by atoms with Crippen LogP contribution in [0.1, 0.15) is 49.8 Å². The van der Waals surface area contributed by atoms with Gasteiger partial charge in [-0.25, -0.2) is 0 Å². The molecule has 0 aromatic heterocycles. The molecule has 5 nitrogen and oxygen atoms in total. The first-order valence-corrected chi connectivity index (χ1v) is 9.12. The summed E-state index contributed by atoms with van der Waals surface area (Å²) in [5.74, 6) is 0.0887. The molecule has 1 saturated heterocycles. The topological polar surface area (TPSA) is 49.9 Å². The van der Waals surface area contributed by atoms with Crippen molar-refractivity contribution in [2.45, 2.75) is 50.8 Å². The van der Waals surface area contributed by atoms with Gasteiger partial charge in [-0.15, -0.1) is 0 Å². The molecule has 3 atom stereocenters. The van der Waals surface area contributed by atoms with Crippen molar-refractivity contribution in [2.75, 3.05) is 13.2 Å². The van der Waals surface area contributed by atoms with E-state index in [-0.39, 0.29) is 30.0 Å². The summed E-state index contributed by atoms with van der Waals surface area (Å²) in [6.45, 7) is 2.83. The van der Waals surface area contributed by atoms with Gasteiger partial charge in [0.1, 0.15) is 0 Å². The third-order valence-corrected chi connectivity index (χ3v) is 5.64. The van der Waals surface area contributed by atoms with Gasteiger partial charge in [0.2, 0.25) is 11.8 Å². The van der Waals surface area contributed by atoms with E-state index in [1.165, 1.54) is 0 Å². The molecule has 2 aliphatic heterocycles. The number of benzene rings is 1. The van der Waals surface area contributed by atoms with Gasteiger partial charge < -0.3 is 14.5 Å². The minimum atomic E-state index is -0.228. The lowest BCUT2D eigenvalue weighted by Crippen LogP contribution is -2.52. The van der Waals surface area contributed by atoms with Crippen LogP contribution in [0.2, 0.25) is 0 Å². The van der Waals surface area contributed by atoms with Crippen molar-refractivity contribution in [1.29, 1.82) is 0 Å². The summed E-state index contributed by atoms with van der Waals surface area (Å²) in [6, 6.07) is 7.98. The van der Waals surface area contributed by atoms with E-state index < -0.39 is 0 Å². The van der Waals surface area contributed by atoms with E-state index in [2.05, 4.69) is 0 Å². The summed E-state index contributed by atoms with van der Waals surface area (Å²) in [6.07, 6.45) is 7.45. The Labute approximate surface area is 148 Å². The Bertz CT molecular complexity index is 715. The highest BCUT2D eigenvalue weighted by Gasteiger charge is 2.39. The summed E-state index contributed by atoms with van der Waals surface area (Å²) in [7, 11) is 0. The third kappa shape index (κ3) is 2.97. The highest BCUT2D eigenvalue weighted by molar-refractivity contribution is 5.82. The second-order valence-corrected chi connectivity index (χ2v) is 7.09. The molecule has 1 saturated carbocycles. The monoisotopic (exact) mass is 340 g/mol. The van der Waals surface area contributed by atoms with Gasteiger partial charge in [-0.05, 0) is 36.5 Å². The van der Waals surface area contributed by atoms with Crippen molar-refractivity contribution in [3.8, 4) is 0 Å². The van der Waals surface area contributed by atoms with Crippen molar-refractivity contribution in [3.63, 3.8) is 0 Å². The van der Waals surface area contributed by atoms with Crippen LogP contribution in [0.5, 0.6) is 0 Å². The molecule has 1 aromatic carbocycles. The lowest BCUT2D eigenvalue weighted by Gasteiger charge is -2.39. The number of carbonyl (C=O) groups excluding carboxylic acids is 2. The molecule has 132 valence electrons. The molecular formula is C20H24N2O3. The van der Waals surface area contributed by atoms with E-state index in [0.717, 1.165) is 30.4 Å². The molecule has 2 heterocycles. The zero-order chi connectivity index (χ0) is 17.4. The van der Waals surface area contributed by atoms with Crippen molar-refractivity contribution in [2.24, 2.45) is 0 Å². The van der Waals surface area contributed by atoms with Crippen LogP contribution >= 0.6 is 0 Å². The number of rotatable bonds is 2. The predicted octanol–water partition coefficient (Wildman–Crippen LogP) is 2.73. The van der Waals surface area contributed by atoms with Gasteiger partial charge >= 0.3 is 0 Å². The Hall–Kier alpha value is -2.14. The summed E-state index contributed by atoms with van der Waals surface area (Å²) >= 11 is 0. The molecule has 0 spiro atoms. The zero-order valence-electron chi connectivity index (χ0n) is 14.6. The second kappa shape index (κ2) is 6.64. The summed E-state index contributed by atoms with van der Waals surface area (Å²) in [5.41, 5.74) is 2.13. The maximum Gasteiger partial charge on any atom is 0.225 e. The smallest absolute Gasteiger partial charge is 0.225 e. The molecular weight excluding hydrogens is 316 g/mol. The van der Waals surface area contributed by atoms with Crippen LogP contribution in [-0.4, -0.2) is 46.9 Å². The standard InChI is InChI=1S/C20H24N2O3/c1-14(23)21-10-9-15-5-2-3-6-16(15)18(21)13-20(24)22-11-12-25-19-8-4-7-17(19)22/h2-3,5-6,9-10,17-19H,4,7-8,11-13H2,1H3/t17-,18-,19+/m0/s1. The van der Waals surface area contributed by atoms with Gasteiger partial charge in [0.25, 0.3) is 0 Å². The number of fused-ring (bicyclic) bond motifs is 2. The quantitative estimate of drug-likeness (QED) is 0.832. The van der Waals surface area contributed by atoms with Gasteiger partial charge in [-0.1, -0.05) is 24.3 Å². The molecule has 25 heavy (non-hydrogen) atoms. The molecule has 0 bridgehead atoms. The first kappa shape index (κ1) is 16.3. The summed E-state index contributed by atoms with van der Waals surface area (Å²) in [5, 5.41) is 0. The van der Waals surface area contributed by atoms with Crippen LogP contribution in [0.3, 0.4) is 0 Å². The van der Waals surface area contributed by atoms with Crippen LogP contribution in [0.25, 0.3) is 6.08 Å². The molecule has 5 heteroatoms. The van der Waals surface area contributed by atoms with Crippen molar-refractivity contribution in [3.05, 3.63) is 41.6 Å². The molecule has 0 unspecified atom stereocenters. The van der Waals surface area contributed by atoms with Gasteiger partial charge in [0, 0.05) is 19.7 Å². The van der Waals surface area contributed by atoms with Gasteiger partial charge in [0.15, 0.2) is 0 Å². The minimum absolute atomic E-state index is 0.0377. The van der Waals surface area contributed by atoms with E-state index in [1.54, 1.807) is 18.0 Å². The highest BCUT2D eigenvalue weighted by Crippen LogP contribution is 2.35. The lowest BCUT2D eigenvalue weighted by molar-refractivity contribution is -0.145. The van der Waals surface area contributed by atoms with E-state index in [0.29, 0.717) is 19.6 Å². The number of morpholine rings is 1.